The van der Waals surface area contributed by atoms with E-state index in [1.807, 2.05) is 17.9 Å². The van der Waals surface area contributed by atoms with Crippen LogP contribution in [0.5, 0.6) is 0 Å². The summed E-state index contributed by atoms with van der Waals surface area (Å²) in [5, 5.41) is 7.71. The van der Waals surface area contributed by atoms with E-state index >= 15 is 0 Å². The maximum absolute atomic E-state index is 4.34. The molecule has 0 saturated carbocycles. The molecule has 1 atom stereocenters. The molecule has 0 saturated heterocycles. The van der Waals surface area contributed by atoms with Gasteiger partial charge in [0.1, 0.15) is 0 Å². The Morgan fingerprint density at radius 1 is 1.17 bits per heavy atom. The van der Waals surface area contributed by atoms with Gasteiger partial charge in [0.2, 0.25) is 0 Å². The third-order valence-electron chi connectivity index (χ3n) is 3.35. The molecule has 1 unspecified atom stereocenters. The minimum Gasteiger partial charge on any atom is -0.308 e. The standard InChI is InChI=1S/C15H21N3/c1-4-12-6-8-13(9-7-12)15(16-3)14-10-11-17-18(14)5-2/h6-11,15-16H,4-5H2,1-3H3. The van der Waals surface area contributed by atoms with E-state index in [-0.39, 0.29) is 6.04 Å². The van der Waals surface area contributed by atoms with Crippen molar-refractivity contribution in [3.63, 3.8) is 0 Å². The van der Waals surface area contributed by atoms with Crippen molar-refractivity contribution in [2.45, 2.75) is 32.9 Å². The molecule has 1 heterocycles. The van der Waals surface area contributed by atoms with Crippen molar-refractivity contribution in [3.05, 3.63) is 53.3 Å². The molecular weight excluding hydrogens is 222 g/mol. The zero-order valence-electron chi connectivity index (χ0n) is 11.4. The summed E-state index contributed by atoms with van der Waals surface area (Å²) in [5.41, 5.74) is 3.87. The predicted molar refractivity (Wildman–Crippen MR) is 74.6 cm³/mol. The fourth-order valence-electron chi connectivity index (χ4n) is 2.28. The third-order valence-corrected chi connectivity index (χ3v) is 3.35. The van der Waals surface area contributed by atoms with Gasteiger partial charge in [-0.3, -0.25) is 4.68 Å². The van der Waals surface area contributed by atoms with Crippen molar-refractivity contribution in [3.8, 4) is 0 Å². The SMILES string of the molecule is CCc1ccc(C(NC)c2ccnn2CC)cc1. The molecule has 1 aromatic heterocycles. The van der Waals surface area contributed by atoms with Crippen LogP contribution in [0.3, 0.4) is 0 Å². The highest BCUT2D eigenvalue weighted by Crippen LogP contribution is 2.22. The Hall–Kier alpha value is -1.61. The van der Waals surface area contributed by atoms with E-state index in [1.54, 1.807) is 0 Å². The predicted octanol–water partition coefficient (Wildman–Crippen LogP) is 2.77. The van der Waals surface area contributed by atoms with Crippen LogP contribution < -0.4 is 5.32 Å². The van der Waals surface area contributed by atoms with Crippen LogP contribution in [0, 0.1) is 0 Å². The number of hydrogen-bond donors (Lipinski definition) is 1. The zero-order valence-corrected chi connectivity index (χ0v) is 11.4. The average Bonchev–Trinajstić information content (AvgIpc) is 2.89. The number of nitrogens with zero attached hydrogens (tertiary/aromatic N) is 2. The van der Waals surface area contributed by atoms with Gasteiger partial charge in [0, 0.05) is 12.7 Å². The average molecular weight is 243 g/mol. The molecule has 1 aromatic carbocycles. The molecule has 0 spiro atoms. The molecule has 1 N–H and O–H groups in total. The number of hydrogen-bond acceptors (Lipinski definition) is 2. The molecule has 0 aliphatic heterocycles. The van der Waals surface area contributed by atoms with Crippen molar-refractivity contribution < 1.29 is 0 Å². The van der Waals surface area contributed by atoms with Crippen LogP contribution in [-0.4, -0.2) is 16.8 Å². The lowest BCUT2D eigenvalue weighted by Gasteiger charge is -2.18. The first-order valence-electron chi connectivity index (χ1n) is 6.58. The quantitative estimate of drug-likeness (QED) is 0.875. The summed E-state index contributed by atoms with van der Waals surface area (Å²) in [6.45, 7) is 5.19. The van der Waals surface area contributed by atoms with E-state index < -0.39 is 0 Å². The van der Waals surface area contributed by atoms with Gasteiger partial charge in [0.25, 0.3) is 0 Å². The minimum atomic E-state index is 0.207. The van der Waals surface area contributed by atoms with Gasteiger partial charge in [0.15, 0.2) is 0 Å². The summed E-state index contributed by atoms with van der Waals surface area (Å²) in [5.74, 6) is 0. The van der Waals surface area contributed by atoms with Crippen LogP contribution in [0.2, 0.25) is 0 Å². The van der Waals surface area contributed by atoms with Crippen LogP contribution in [0.25, 0.3) is 0 Å². The molecule has 18 heavy (non-hydrogen) atoms. The van der Waals surface area contributed by atoms with Gasteiger partial charge in [-0.05, 0) is 37.6 Å². The van der Waals surface area contributed by atoms with E-state index in [0.717, 1.165) is 13.0 Å². The van der Waals surface area contributed by atoms with Crippen molar-refractivity contribution in [2.24, 2.45) is 0 Å². The van der Waals surface area contributed by atoms with Crippen molar-refractivity contribution >= 4 is 0 Å². The number of aryl methyl sites for hydroxylation is 2. The van der Waals surface area contributed by atoms with Crippen molar-refractivity contribution in [1.82, 2.24) is 15.1 Å². The largest absolute Gasteiger partial charge is 0.308 e. The Morgan fingerprint density at radius 2 is 1.89 bits per heavy atom. The first-order chi connectivity index (χ1) is 8.80. The van der Waals surface area contributed by atoms with E-state index in [1.165, 1.54) is 16.8 Å². The second kappa shape index (κ2) is 5.83. The Kier molecular flexibility index (Phi) is 4.15. The number of rotatable bonds is 5. The first-order valence-corrected chi connectivity index (χ1v) is 6.58. The second-order valence-electron chi connectivity index (χ2n) is 4.39. The molecule has 0 aliphatic rings. The molecule has 3 heteroatoms. The Morgan fingerprint density at radius 3 is 2.44 bits per heavy atom. The molecule has 96 valence electrons. The van der Waals surface area contributed by atoms with Crippen LogP contribution >= 0.6 is 0 Å². The van der Waals surface area contributed by atoms with Gasteiger partial charge in [-0.15, -0.1) is 0 Å². The Labute approximate surface area is 109 Å². The summed E-state index contributed by atoms with van der Waals surface area (Å²) in [4.78, 5) is 0. The van der Waals surface area contributed by atoms with Crippen molar-refractivity contribution in [1.29, 1.82) is 0 Å². The molecule has 0 bridgehead atoms. The fraction of sp³-hybridized carbons (Fsp3) is 0.400. The van der Waals surface area contributed by atoms with Crippen molar-refractivity contribution in [2.75, 3.05) is 7.05 Å². The highest BCUT2D eigenvalue weighted by Gasteiger charge is 2.15. The van der Waals surface area contributed by atoms with E-state index in [9.17, 15) is 0 Å². The van der Waals surface area contributed by atoms with Crippen LogP contribution in [0.1, 0.15) is 36.7 Å². The molecule has 2 aromatic rings. The Balaban J connectivity index is 2.32. The molecule has 0 amide bonds. The summed E-state index contributed by atoms with van der Waals surface area (Å²) >= 11 is 0. The van der Waals surface area contributed by atoms with Crippen LogP contribution in [0.4, 0.5) is 0 Å². The molecule has 0 fully saturated rings. The normalized spacial score (nSPS) is 12.6. The maximum Gasteiger partial charge on any atom is 0.0745 e. The lowest BCUT2D eigenvalue weighted by molar-refractivity contribution is 0.563. The number of aromatic nitrogens is 2. The molecule has 3 nitrogen and oxygen atoms in total. The van der Waals surface area contributed by atoms with E-state index in [4.69, 9.17) is 0 Å². The molecule has 0 radical (unpaired) electrons. The smallest absolute Gasteiger partial charge is 0.0745 e. The monoisotopic (exact) mass is 243 g/mol. The molecule has 0 aliphatic carbocycles. The minimum absolute atomic E-state index is 0.207. The third kappa shape index (κ3) is 2.46. The summed E-state index contributed by atoms with van der Waals surface area (Å²) in [6.07, 6.45) is 2.95. The van der Waals surface area contributed by atoms with E-state index in [2.05, 4.69) is 54.6 Å². The van der Waals surface area contributed by atoms with Gasteiger partial charge in [0.05, 0.1) is 11.7 Å². The highest BCUT2D eigenvalue weighted by atomic mass is 15.3. The lowest BCUT2D eigenvalue weighted by atomic mass is 10.0. The Bertz CT molecular complexity index is 485. The van der Waals surface area contributed by atoms with Gasteiger partial charge in [-0.2, -0.15) is 5.10 Å². The summed E-state index contributed by atoms with van der Waals surface area (Å²) in [7, 11) is 1.99. The van der Waals surface area contributed by atoms with Gasteiger partial charge in [-0.25, -0.2) is 0 Å². The molecule has 2 rings (SSSR count). The fourth-order valence-corrected chi connectivity index (χ4v) is 2.28. The van der Waals surface area contributed by atoms with Gasteiger partial charge >= 0.3 is 0 Å². The topological polar surface area (TPSA) is 29.9 Å². The van der Waals surface area contributed by atoms with Crippen LogP contribution in [-0.2, 0) is 13.0 Å². The van der Waals surface area contributed by atoms with E-state index in [0.29, 0.717) is 0 Å². The number of benzene rings is 1. The van der Waals surface area contributed by atoms with Crippen LogP contribution in [0.15, 0.2) is 36.5 Å². The number of nitrogens with one attached hydrogen (secondary N) is 1. The summed E-state index contributed by atoms with van der Waals surface area (Å²) in [6, 6.07) is 11.1. The lowest BCUT2D eigenvalue weighted by Crippen LogP contribution is -2.21. The zero-order chi connectivity index (χ0) is 13.0. The molecular formula is C15H21N3. The highest BCUT2D eigenvalue weighted by molar-refractivity contribution is 5.30. The first kappa shape index (κ1) is 12.8. The van der Waals surface area contributed by atoms with Gasteiger partial charge < -0.3 is 5.32 Å². The second-order valence-corrected chi connectivity index (χ2v) is 4.39. The maximum atomic E-state index is 4.34. The summed E-state index contributed by atoms with van der Waals surface area (Å²) < 4.78 is 2.04. The van der Waals surface area contributed by atoms with Gasteiger partial charge in [-0.1, -0.05) is 31.2 Å².